The minimum atomic E-state index is -1.45. The van der Waals surface area contributed by atoms with Crippen molar-refractivity contribution in [2.24, 2.45) is 5.73 Å². The summed E-state index contributed by atoms with van der Waals surface area (Å²) in [7, 11) is 0. The number of rotatable bonds is 11. The van der Waals surface area contributed by atoms with Gasteiger partial charge in [-0.25, -0.2) is 4.79 Å². The van der Waals surface area contributed by atoms with Crippen LogP contribution >= 0.6 is 0 Å². The van der Waals surface area contributed by atoms with Crippen LogP contribution in [0.25, 0.3) is 0 Å². The van der Waals surface area contributed by atoms with E-state index < -0.39 is 66.4 Å². The van der Waals surface area contributed by atoms with Gasteiger partial charge in [-0.05, 0) is 27.2 Å². The maximum atomic E-state index is 12.2. The van der Waals surface area contributed by atoms with Crippen molar-refractivity contribution in [1.82, 2.24) is 16.0 Å². The summed E-state index contributed by atoms with van der Waals surface area (Å²) in [4.78, 5) is 57.5. The molecule has 0 aliphatic heterocycles. The van der Waals surface area contributed by atoms with Crippen molar-refractivity contribution < 1.29 is 39.3 Å². The molecule has 0 saturated carbocycles. The number of amides is 3. The maximum Gasteiger partial charge on any atom is 0.326 e. The largest absolute Gasteiger partial charge is 0.481 e. The lowest BCUT2D eigenvalue weighted by molar-refractivity contribution is -0.143. The summed E-state index contributed by atoms with van der Waals surface area (Å²) in [6, 6.07) is -4.96. The van der Waals surface area contributed by atoms with Crippen LogP contribution in [-0.4, -0.2) is 75.3 Å². The smallest absolute Gasteiger partial charge is 0.326 e. The van der Waals surface area contributed by atoms with Crippen LogP contribution in [0, 0.1) is 0 Å². The van der Waals surface area contributed by atoms with Crippen LogP contribution in [0.3, 0.4) is 0 Å². The van der Waals surface area contributed by atoms with Crippen LogP contribution in [0.2, 0.25) is 0 Å². The predicted molar refractivity (Wildman–Crippen MR) is 91.3 cm³/mol. The lowest BCUT2D eigenvalue weighted by Crippen LogP contribution is -2.58. The first-order chi connectivity index (χ1) is 12.4. The fourth-order valence-electron chi connectivity index (χ4n) is 1.88. The number of hydrogen-bond acceptors (Lipinski definition) is 7. The molecule has 0 rings (SSSR count). The molecular weight excluding hydrogens is 364 g/mol. The molecule has 0 aromatic rings. The van der Waals surface area contributed by atoms with E-state index in [1.165, 1.54) is 20.8 Å². The highest BCUT2D eigenvalue weighted by molar-refractivity contribution is 5.94. The van der Waals surface area contributed by atoms with Gasteiger partial charge >= 0.3 is 11.9 Å². The van der Waals surface area contributed by atoms with Gasteiger partial charge < -0.3 is 37.0 Å². The third kappa shape index (κ3) is 8.96. The summed E-state index contributed by atoms with van der Waals surface area (Å²) in [5.74, 6) is -5.08. The number of carbonyl (C=O) groups excluding carboxylic acids is 3. The Bertz CT molecular complexity index is 578. The number of carboxylic acid groups (broad SMARTS) is 2. The Hall–Kier alpha value is -2.73. The van der Waals surface area contributed by atoms with Crippen LogP contribution < -0.4 is 21.7 Å². The standard InChI is InChI=1S/C15H26N4O8/c1-6(16)12(23)19-11(8(3)20)14(25)17-7(2)13(24)18-9(15(26)27)4-5-10(21)22/h6-9,11,20H,4-5,16H2,1-3H3,(H,17,25)(H,18,24)(H,19,23)(H,21,22)(H,26,27). The van der Waals surface area contributed by atoms with Gasteiger partial charge in [-0.1, -0.05) is 0 Å². The van der Waals surface area contributed by atoms with E-state index in [1.54, 1.807) is 0 Å². The highest BCUT2D eigenvalue weighted by Crippen LogP contribution is 2.00. The van der Waals surface area contributed by atoms with Gasteiger partial charge in [-0.3, -0.25) is 19.2 Å². The van der Waals surface area contributed by atoms with Crippen LogP contribution in [0.15, 0.2) is 0 Å². The van der Waals surface area contributed by atoms with Gasteiger partial charge in [0.1, 0.15) is 18.1 Å². The van der Waals surface area contributed by atoms with Crippen LogP contribution in [-0.2, 0) is 24.0 Å². The number of carbonyl (C=O) groups is 5. The van der Waals surface area contributed by atoms with Gasteiger partial charge in [-0.2, -0.15) is 0 Å². The van der Waals surface area contributed by atoms with Crippen molar-refractivity contribution in [2.45, 2.75) is 63.9 Å². The first-order valence-electron chi connectivity index (χ1n) is 8.16. The highest BCUT2D eigenvalue weighted by Gasteiger charge is 2.30. The van der Waals surface area contributed by atoms with E-state index in [0.717, 1.165) is 0 Å². The summed E-state index contributed by atoms with van der Waals surface area (Å²) in [5.41, 5.74) is 5.38. The zero-order valence-corrected chi connectivity index (χ0v) is 15.3. The molecular formula is C15H26N4O8. The van der Waals surface area contributed by atoms with Gasteiger partial charge in [0, 0.05) is 6.42 Å². The topological polar surface area (TPSA) is 208 Å². The van der Waals surface area contributed by atoms with Crippen molar-refractivity contribution in [3.8, 4) is 0 Å². The molecule has 0 spiro atoms. The van der Waals surface area contributed by atoms with Crippen LogP contribution in [0.1, 0.15) is 33.6 Å². The molecule has 0 aliphatic carbocycles. The van der Waals surface area contributed by atoms with E-state index in [9.17, 15) is 29.1 Å². The first kappa shape index (κ1) is 24.3. The number of nitrogens with one attached hydrogen (secondary N) is 3. The Kier molecular flexibility index (Phi) is 9.96. The SMILES string of the molecule is CC(N)C(=O)NC(C(=O)NC(C)C(=O)NC(CCC(=O)O)C(=O)O)C(C)O. The molecule has 12 nitrogen and oxygen atoms in total. The Morgan fingerprint density at radius 2 is 1.44 bits per heavy atom. The van der Waals surface area contributed by atoms with Gasteiger partial charge in [0.05, 0.1) is 12.1 Å². The zero-order valence-electron chi connectivity index (χ0n) is 15.3. The molecule has 0 bridgehead atoms. The molecule has 27 heavy (non-hydrogen) atoms. The molecule has 0 heterocycles. The molecule has 5 atom stereocenters. The van der Waals surface area contributed by atoms with E-state index in [4.69, 9.17) is 15.9 Å². The second-order valence-electron chi connectivity index (χ2n) is 6.08. The number of hydrogen-bond donors (Lipinski definition) is 7. The van der Waals surface area contributed by atoms with Crippen molar-refractivity contribution in [1.29, 1.82) is 0 Å². The quantitative estimate of drug-likeness (QED) is 0.193. The molecule has 3 amide bonds. The van der Waals surface area contributed by atoms with Gasteiger partial charge in [0.2, 0.25) is 17.7 Å². The number of aliphatic hydroxyl groups excluding tert-OH is 1. The third-order valence-corrected chi connectivity index (χ3v) is 3.49. The van der Waals surface area contributed by atoms with Gasteiger partial charge in [-0.15, -0.1) is 0 Å². The van der Waals surface area contributed by atoms with E-state index in [0.29, 0.717) is 0 Å². The summed E-state index contributed by atoms with van der Waals surface area (Å²) in [5, 5.41) is 33.9. The Labute approximate surface area is 155 Å². The Balaban J connectivity index is 4.90. The van der Waals surface area contributed by atoms with Crippen molar-refractivity contribution in [2.75, 3.05) is 0 Å². The van der Waals surface area contributed by atoms with E-state index in [1.807, 2.05) is 0 Å². The fourth-order valence-corrected chi connectivity index (χ4v) is 1.88. The molecule has 12 heteroatoms. The number of aliphatic hydroxyl groups is 1. The number of carboxylic acids is 2. The summed E-state index contributed by atoms with van der Waals surface area (Å²) < 4.78 is 0. The molecule has 154 valence electrons. The van der Waals surface area contributed by atoms with E-state index in [2.05, 4.69) is 16.0 Å². The predicted octanol–water partition coefficient (Wildman–Crippen LogP) is -2.86. The summed E-state index contributed by atoms with van der Waals surface area (Å²) in [6.45, 7) is 3.89. The Morgan fingerprint density at radius 3 is 1.85 bits per heavy atom. The molecule has 0 aromatic heterocycles. The third-order valence-electron chi connectivity index (χ3n) is 3.49. The second-order valence-corrected chi connectivity index (χ2v) is 6.08. The first-order valence-corrected chi connectivity index (χ1v) is 8.16. The molecule has 5 unspecified atom stereocenters. The average molecular weight is 390 g/mol. The minimum absolute atomic E-state index is 0.335. The van der Waals surface area contributed by atoms with Crippen LogP contribution in [0.5, 0.6) is 0 Å². The molecule has 0 aromatic carbocycles. The van der Waals surface area contributed by atoms with Crippen LogP contribution in [0.4, 0.5) is 0 Å². The number of nitrogens with two attached hydrogens (primary N) is 1. The summed E-state index contributed by atoms with van der Waals surface area (Å²) >= 11 is 0. The second kappa shape index (κ2) is 11.1. The fraction of sp³-hybridized carbons (Fsp3) is 0.667. The maximum absolute atomic E-state index is 12.2. The van der Waals surface area contributed by atoms with E-state index >= 15 is 0 Å². The van der Waals surface area contributed by atoms with E-state index in [-0.39, 0.29) is 6.42 Å². The van der Waals surface area contributed by atoms with Crippen molar-refractivity contribution in [3.63, 3.8) is 0 Å². The number of aliphatic carboxylic acids is 2. The molecule has 8 N–H and O–H groups in total. The van der Waals surface area contributed by atoms with Gasteiger partial charge in [0.25, 0.3) is 0 Å². The zero-order chi connectivity index (χ0) is 21.3. The highest BCUT2D eigenvalue weighted by atomic mass is 16.4. The Morgan fingerprint density at radius 1 is 0.889 bits per heavy atom. The average Bonchev–Trinajstić information content (AvgIpc) is 2.54. The lowest BCUT2D eigenvalue weighted by Gasteiger charge is -2.24. The summed E-state index contributed by atoms with van der Waals surface area (Å²) in [6.07, 6.45) is -2.09. The molecule has 0 saturated heterocycles. The monoisotopic (exact) mass is 390 g/mol. The lowest BCUT2D eigenvalue weighted by atomic mass is 10.1. The van der Waals surface area contributed by atoms with Crippen molar-refractivity contribution >= 4 is 29.7 Å². The normalized spacial score (nSPS) is 16.2. The van der Waals surface area contributed by atoms with Crippen molar-refractivity contribution in [3.05, 3.63) is 0 Å². The van der Waals surface area contributed by atoms with Gasteiger partial charge in [0.15, 0.2) is 0 Å². The molecule has 0 radical (unpaired) electrons. The molecule has 0 fully saturated rings. The minimum Gasteiger partial charge on any atom is -0.481 e. The molecule has 0 aliphatic rings.